The number of piperidine rings is 1. The maximum atomic E-state index is 11.8. The molecule has 1 aromatic rings. The Hall–Kier alpha value is -1.39. The Balaban J connectivity index is 1.70. The molecular formula is C17H27N3O. The summed E-state index contributed by atoms with van der Waals surface area (Å²) in [6.45, 7) is 7.45. The quantitative estimate of drug-likeness (QED) is 0.868. The van der Waals surface area contributed by atoms with Crippen LogP contribution in [0.15, 0.2) is 30.3 Å². The first-order valence-electron chi connectivity index (χ1n) is 7.78. The van der Waals surface area contributed by atoms with E-state index in [0.717, 1.165) is 39.0 Å². The normalized spacial score (nSPS) is 17.7. The van der Waals surface area contributed by atoms with Crippen LogP contribution < -0.4 is 11.1 Å². The number of nitrogens with two attached hydrogens (primary N) is 1. The summed E-state index contributed by atoms with van der Waals surface area (Å²) >= 11 is 0. The number of benzene rings is 1. The van der Waals surface area contributed by atoms with Gasteiger partial charge in [0.2, 0.25) is 5.91 Å². The third-order valence-corrected chi connectivity index (χ3v) is 4.09. The average molecular weight is 289 g/mol. The lowest BCUT2D eigenvalue weighted by Gasteiger charge is -2.32. The van der Waals surface area contributed by atoms with Crippen molar-refractivity contribution in [1.29, 1.82) is 0 Å². The molecule has 1 amide bonds. The third-order valence-electron chi connectivity index (χ3n) is 4.09. The summed E-state index contributed by atoms with van der Waals surface area (Å²) in [7, 11) is 0. The van der Waals surface area contributed by atoms with Gasteiger partial charge in [0.25, 0.3) is 0 Å². The fourth-order valence-corrected chi connectivity index (χ4v) is 2.66. The van der Waals surface area contributed by atoms with Crippen molar-refractivity contribution >= 4 is 5.91 Å². The highest BCUT2D eigenvalue weighted by atomic mass is 16.2. The van der Waals surface area contributed by atoms with Gasteiger partial charge in [-0.2, -0.15) is 0 Å². The number of nitrogens with zero attached hydrogens (tertiary/aromatic N) is 1. The Morgan fingerprint density at radius 3 is 2.48 bits per heavy atom. The molecule has 1 heterocycles. The predicted octanol–water partition coefficient (Wildman–Crippen LogP) is 1.75. The zero-order valence-corrected chi connectivity index (χ0v) is 13.1. The molecule has 0 radical (unpaired) electrons. The van der Waals surface area contributed by atoms with Crippen LogP contribution in [0, 0.1) is 5.92 Å². The highest BCUT2D eigenvalue weighted by molar-refractivity contribution is 5.84. The first-order chi connectivity index (χ1) is 9.95. The van der Waals surface area contributed by atoms with E-state index in [-0.39, 0.29) is 5.91 Å². The van der Waals surface area contributed by atoms with Crippen LogP contribution in [0.3, 0.4) is 0 Å². The second-order valence-electron chi connectivity index (χ2n) is 6.64. The van der Waals surface area contributed by atoms with E-state index in [2.05, 4.69) is 40.5 Å². The molecule has 0 aliphatic carbocycles. The van der Waals surface area contributed by atoms with Crippen molar-refractivity contribution in [2.24, 2.45) is 11.7 Å². The molecule has 1 fully saturated rings. The fourth-order valence-electron chi connectivity index (χ4n) is 2.66. The van der Waals surface area contributed by atoms with Crippen molar-refractivity contribution in [2.45, 2.75) is 38.8 Å². The van der Waals surface area contributed by atoms with E-state index in [1.54, 1.807) is 13.8 Å². The van der Waals surface area contributed by atoms with E-state index in [0.29, 0.717) is 5.92 Å². The summed E-state index contributed by atoms with van der Waals surface area (Å²) in [4.78, 5) is 14.3. The summed E-state index contributed by atoms with van der Waals surface area (Å²) < 4.78 is 0. The maximum Gasteiger partial charge on any atom is 0.239 e. The Kier molecular flexibility index (Phi) is 5.37. The minimum atomic E-state index is -0.784. The molecule has 1 aromatic carbocycles. The lowest BCUT2D eigenvalue weighted by atomic mass is 9.96. The van der Waals surface area contributed by atoms with E-state index in [1.165, 1.54) is 5.56 Å². The average Bonchev–Trinajstić information content (AvgIpc) is 2.46. The van der Waals surface area contributed by atoms with E-state index in [1.807, 2.05) is 0 Å². The molecule has 1 aliphatic heterocycles. The minimum absolute atomic E-state index is 0.0609. The van der Waals surface area contributed by atoms with Crippen LogP contribution >= 0.6 is 0 Å². The lowest BCUT2D eigenvalue weighted by molar-refractivity contribution is -0.125. The first-order valence-corrected chi connectivity index (χ1v) is 7.78. The number of carbonyl (C=O) groups is 1. The van der Waals surface area contributed by atoms with Crippen molar-refractivity contribution in [3.8, 4) is 0 Å². The molecule has 0 saturated carbocycles. The Morgan fingerprint density at radius 2 is 1.90 bits per heavy atom. The van der Waals surface area contributed by atoms with Gasteiger partial charge in [-0.25, -0.2) is 0 Å². The Labute approximate surface area is 127 Å². The van der Waals surface area contributed by atoms with Crippen LogP contribution in [-0.4, -0.2) is 36.0 Å². The zero-order valence-electron chi connectivity index (χ0n) is 13.1. The lowest BCUT2D eigenvalue weighted by Crippen LogP contribution is -2.50. The molecule has 0 bridgehead atoms. The van der Waals surface area contributed by atoms with E-state index in [9.17, 15) is 4.79 Å². The van der Waals surface area contributed by atoms with Crippen LogP contribution in [0.4, 0.5) is 0 Å². The number of rotatable bonds is 5. The SMILES string of the molecule is CC(C)(N)C(=O)NCC1CCN(Cc2ccccc2)CC1. The number of amides is 1. The Morgan fingerprint density at radius 1 is 1.29 bits per heavy atom. The second kappa shape index (κ2) is 7.05. The number of carbonyl (C=O) groups excluding carboxylic acids is 1. The molecule has 1 aliphatic rings. The largest absolute Gasteiger partial charge is 0.354 e. The molecule has 0 atom stereocenters. The smallest absolute Gasteiger partial charge is 0.239 e. The van der Waals surface area contributed by atoms with Gasteiger partial charge in [0.05, 0.1) is 5.54 Å². The van der Waals surface area contributed by atoms with E-state index < -0.39 is 5.54 Å². The zero-order chi connectivity index (χ0) is 15.3. The minimum Gasteiger partial charge on any atom is -0.354 e. The topological polar surface area (TPSA) is 58.4 Å². The van der Waals surface area contributed by atoms with Crippen LogP contribution in [0.2, 0.25) is 0 Å². The van der Waals surface area contributed by atoms with E-state index in [4.69, 9.17) is 5.73 Å². The molecule has 3 N–H and O–H groups in total. The maximum absolute atomic E-state index is 11.8. The van der Waals surface area contributed by atoms with Crippen molar-refractivity contribution < 1.29 is 4.79 Å². The molecule has 4 nitrogen and oxygen atoms in total. The monoisotopic (exact) mass is 289 g/mol. The van der Waals surface area contributed by atoms with Crippen molar-refractivity contribution in [3.05, 3.63) is 35.9 Å². The van der Waals surface area contributed by atoms with Gasteiger partial charge >= 0.3 is 0 Å². The van der Waals surface area contributed by atoms with Crippen molar-refractivity contribution in [1.82, 2.24) is 10.2 Å². The third kappa shape index (κ3) is 5.14. The molecule has 0 spiro atoms. The fraction of sp³-hybridized carbons (Fsp3) is 0.588. The van der Waals surface area contributed by atoms with Gasteiger partial charge in [0.15, 0.2) is 0 Å². The summed E-state index contributed by atoms with van der Waals surface area (Å²) in [5.74, 6) is 0.512. The van der Waals surface area contributed by atoms with Crippen LogP contribution in [-0.2, 0) is 11.3 Å². The van der Waals surface area contributed by atoms with Gasteiger partial charge in [-0.05, 0) is 51.3 Å². The van der Waals surface area contributed by atoms with Crippen LogP contribution in [0.25, 0.3) is 0 Å². The molecule has 21 heavy (non-hydrogen) atoms. The first kappa shape index (κ1) is 16.0. The Bertz CT molecular complexity index is 445. The predicted molar refractivity (Wildman–Crippen MR) is 85.7 cm³/mol. The number of likely N-dealkylation sites (tertiary alicyclic amines) is 1. The molecule has 116 valence electrons. The number of hydrogen-bond acceptors (Lipinski definition) is 3. The summed E-state index contributed by atoms with van der Waals surface area (Å²) in [5, 5.41) is 2.97. The highest BCUT2D eigenvalue weighted by Gasteiger charge is 2.24. The van der Waals surface area contributed by atoms with Gasteiger partial charge in [-0.15, -0.1) is 0 Å². The van der Waals surface area contributed by atoms with Crippen molar-refractivity contribution in [3.63, 3.8) is 0 Å². The van der Waals surface area contributed by atoms with Gasteiger partial charge in [0.1, 0.15) is 0 Å². The van der Waals surface area contributed by atoms with Gasteiger partial charge in [-0.1, -0.05) is 30.3 Å². The van der Waals surface area contributed by atoms with Crippen molar-refractivity contribution in [2.75, 3.05) is 19.6 Å². The van der Waals surface area contributed by atoms with E-state index >= 15 is 0 Å². The molecule has 0 unspecified atom stereocenters. The summed E-state index contributed by atoms with van der Waals surface area (Å²) in [6, 6.07) is 10.6. The molecule has 1 saturated heterocycles. The second-order valence-corrected chi connectivity index (χ2v) is 6.64. The standard InChI is InChI=1S/C17H27N3O/c1-17(2,18)16(21)19-12-14-8-10-20(11-9-14)13-15-6-4-3-5-7-15/h3-7,14H,8-13,18H2,1-2H3,(H,19,21). The number of hydrogen-bond donors (Lipinski definition) is 2. The van der Waals surface area contributed by atoms with Crippen LogP contribution in [0.1, 0.15) is 32.3 Å². The highest BCUT2D eigenvalue weighted by Crippen LogP contribution is 2.18. The summed E-state index contributed by atoms with van der Waals surface area (Å²) in [5.41, 5.74) is 6.37. The molecule has 0 aromatic heterocycles. The van der Waals surface area contributed by atoms with Gasteiger partial charge in [0, 0.05) is 13.1 Å². The molecule has 4 heteroatoms. The van der Waals surface area contributed by atoms with Gasteiger partial charge < -0.3 is 11.1 Å². The molecular weight excluding hydrogens is 262 g/mol. The molecule has 2 rings (SSSR count). The van der Waals surface area contributed by atoms with Gasteiger partial charge in [-0.3, -0.25) is 9.69 Å². The number of nitrogens with one attached hydrogen (secondary N) is 1. The van der Waals surface area contributed by atoms with Crippen LogP contribution in [0.5, 0.6) is 0 Å². The summed E-state index contributed by atoms with van der Waals surface area (Å²) in [6.07, 6.45) is 2.27.